The molecule has 0 unspecified atom stereocenters. The Kier molecular flexibility index (Phi) is 4.97. The van der Waals surface area contributed by atoms with Crippen molar-refractivity contribution in [2.75, 3.05) is 6.54 Å². The number of halogens is 2. The minimum absolute atomic E-state index is 0.0123. The molecular formula is C13H17BrFNO2S. The first kappa shape index (κ1) is 14.9. The van der Waals surface area contributed by atoms with E-state index < -0.39 is 15.8 Å². The van der Waals surface area contributed by atoms with Crippen LogP contribution in [0, 0.1) is 11.7 Å². The molecule has 0 heterocycles. The van der Waals surface area contributed by atoms with E-state index in [1.54, 1.807) is 0 Å². The fourth-order valence-electron chi connectivity index (χ4n) is 2.27. The van der Waals surface area contributed by atoms with Crippen LogP contribution < -0.4 is 4.72 Å². The summed E-state index contributed by atoms with van der Waals surface area (Å²) in [6.45, 7) is 0.429. The Bertz CT molecular complexity index is 527. The molecule has 0 atom stereocenters. The maximum absolute atomic E-state index is 13.0. The molecule has 0 spiro atoms. The van der Waals surface area contributed by atoms with Gasteiger partial charge in [0.25, 0.3) is 0 Å². The predicted octanol–water partition coefficient (Wildman–Crippen LogP) is 3.06. The highest BCUT2D eigenvalue weighted by Gasteiger charge is 2.22. The zero-order valence-corrected chi connectivity index (χ0v) is 12.9. The van der Waals surface area contributed by atoms with Gasteiger partial charge in [0.1, 0.15) is 5.82 Å². The van der Waals surface area contributed by atoms with Crippen LogP contribution in [0.3, 0.4) is 0 Å². The van der Waals surface area contributed by atoms with Crippen molar-refractivity contribution < 1.29 is 12.8 Å². The van der Waals surface area contributed by atoms with Gasteiger partial charge in [-0.05, 0) is 49.8 Å². The third-order valence-corrected chi connectivity index (χ3v) is 5.78. The molecule has 1 aromatic carbocycles. The fourth-order valence-corrected chi connectivity index (χ4v) is 3.95. The highest BCUT2D eigenvalue weighted by atomic mass is 79.9. The summed E-state index contributed by atoms with van der Waals surface area (Å²) >= 11 is 3.57. The van der Waals surface area contributed by atoms with Gasteiger partial charge in [-0.3, -0.25) is 0 Å². The number of alkyl halides is 1. The molecule has 1 fully saturated rings. The van der Waals surface area contributed by atoms with Crippen molar-refractivity contribution >= 4 is 26.0 Å². The Morgan fingerprint density at radius 3 is 2.58 bits per heavy atom. The molecule has 19 heavy (non-hydrogen) atoms. The van der Waals surface area contributed by atoms with Gasteiger partial charge in [-0.25, -0.2) is 17.5 Å². The molecule has 1 saturated carbocycles. The van der Waals surface area contributed by atoms with Crippen molar-refractivity contribution in [2.45, 2.75) is 35.4 Å². The lowest BCUT2D eigenvalue weighted by atomic mass is 9.89. The number of sulfonamides is 1. The molecule has 6 heteroatoms. The summed E-state index contributed by atoms with van der Waals surface area (Å²) < 4.78 is 39.6. The van der Waals surface area contributed by atoms with E-state index in [0.29, 0.717) is 17.3 Å². The number of benzene rings is 1. The van der Waals surface area contributed by atoms with Crippen molar-refractivity contribution in [1.29, 1.82) is 0 Å². The molecule has 106 valence electrons. The van der Waals surface area contributed by atoms with Crippen LogP contribution in [0.4, 0.5) is 4.39 Å². The van der Waals surface area contributed by atoms with E-state index >= 15 is 0 Å². The average Bonchev–Trinajstić information content (AvgIpc) is 2.38. The predicted molar refractivity (Wildman–Crippen MR) is 76.3 cm³/mol. The van der Waals surface area contributed by atoms with E-state index in [1.165, 1.54) is 18.2 Å². The van der Waals surface area contributed by atoms with Gasteiger partial charge in [0, 0.05) is 11.4 Å². The van der Waals surface area contributed by atoms with Crippen molar-refractivity contribution in [1.82, 2.24) is 4.72 Å². The van der Waals surface area contributed by atoms with Crippen LogP contribution in [0.2, 0.25) is 0 Å². The lowest BCUT2D eigenvalue weighted by Gasteiger charge is -2.25. The van der Waals surface area contributed by atoms with Gasteiger partial charge < -0.3 is 0 Å². The maximum atomic E-state index is 13.0. The summed E-state index contributed by atoms with van der Waals surface area (Å²) in [5.41, 5.74) is 0. The molecule has 1 aromatic rings. The summed E-state index contributed by atoms with van der Waals surface area (Å²) in [6, 6.07) is 5.08. The van der Waals surface area contributed by atoms with Crippen molar-refractivity contribution in [2.24, 2.45) is 5.92 Å². The monoisotopic (exact) mass is 349 g/mol. The van der Waals surface area contributed by atoms with E-state index in [1.807, 2.05) is 0 Å². The van der Waals surface area contributed by atoms with Crippen LogP contribution in [0.25, 0.3) is 0 Å². The molecule has 1 N–H and O–H groups in total. The number of nitrogens with one attached hydrogen (secondary N) is 1. The number of hydrogen-bond donors (Lipinski definition) is 1. The van der Waals surface area contributed by atoms with Crippen molar-refractivity contribution in [3.8, 4) is 0 Å². The smallest absolute Gasteiger partial charge is 0.211 e. The van der Waals surface area contributed by atoms with Crippen LogP contribution in [-0.2, 0) is 10.0 Å². The summed E-state index contributed by atoms with van der Waals surface area (Å²) in [4.78, 5) is 0.547. The summed E-state index contributed by atoms with van der Waals surface area (Å²) in [6.07, 6.45) is 4.18. The van der Waals surface area contributed by atoms with Gasteiger partial charge in [0.15, 0.2) is 0 Å². The van der Waals surface area contributed by atoms with E-state index in [2.05, 4.69) is 20.7 Å². The highest BCUT2D eigenvalue weighted by molar-refractivity contribution is 9.09. The van der Waals surface area contributed by atoms with Gasteiger partial charge in [-0.1, -0.05) is 22.0 Å². The SMILES string of the molecule is O=S(=O)(NCC1CCC(Br)CC1)c1cccc(F)c1. The first-order valence-electron chi connectivity index (χ1n) is 6.36. The first-order valence-corrected chi connectivity index (χ1v) is 8.76. The van der Waals surface area contributed by atoms with Gasteiger partial charge in [0.2, 0.25) is 10.0 Å². The second-order valence-corrected chi connectivity index (χ2v) is 7.99. The molecule has 0 bridgehead atoms. The van der Waals surface area contributed by atoms with E-state index in [9.17, 15) is 12.8 Å². The molecular weight excluding hydrogens is 333 g/mol. The lowest BCUT2D eigenvalue weighted by Crippen LogP contribution is -2.31. The van der Waals surface area contributed by atoms with Crippen molar-refractivity contribution in [3.05, 3.63) is 30.1 Å². The third kappa shape index (κ3) is 4.26. The molecule has 3 nitrogen and oxygen atoms in total. The molecule has 0 aliphatic heterocycles. The van der Waals surface area contributed by atoms with Crippen molar-refractivity contribution in [3.63, 3.8) is 0 Å². The maximum Gasteiger partial charge on any atom is 0.240 e. The fraction of sp³-hybridized carbons (Fsp3) is 0.538. The Balaban J connectivity index is 1.95. The first-order chi connectivity index (χ1) is 8.97. The van der Waals surface area contributed by atoms with Crippen LogP contribution in [0.1, 0.15) is 25.7 Å². The largest absolute Gasteiger partial charge is 0.240 e. The topological polar surface area (TPSA) is 46.2 Å². The lowest BCUT2D eigenvalue weighted by molar-refractivity contribution is 0.366. The van der Waals surface area contributed by atoms with E-state index in [0.717, 1.165) is 31.7 Å². The number of rotatable bonds is 4. The molecule has 0 aromatic heterocycles. The second kappa shape index (κ2) is 6.33. The summed E-state index contributed by atoms with van der Waals surface area (Å²) in [5.74, 6) is -0.167. The van der Waals surface area contributed by atoms with Gasteiger partial charge >= 0.3 is 0 Å². The summed E-state index contributed by atoms with van der Waals surface area (Å²) in [7, 11) is -3.60. The molecule has 2 rings (SSSR count). The second-order valence-electron chi connectivity index (χ2n) is 4.93. The minimum Gasteiger partial charge on any atom is -0.211 e. The standard InChI is InChI=1S/C13H17BrFNO2S/c14-11-6-4-10(5-7-11)9-16-19(17,18)13-3-1-2-12(15)8-13/h1-3,8,10-11,16H,4-7,9H2. The average molecular weight is 350 g/mol. The Labute approximate surface area is 121 Å². The summed E-state index contributed by atoms with van der Waals surface area (Å²) in [5, 5.41) is 0. The molecule has 0 radical (unpaired) electrons. The van der Waals surface area contributed by atoms with Crippen LogP contribution >= 0.6 is 15.9 Å². The van der Waals surface area contributed by atoms with E-state index in [4.69, 9.17) is 0 Å². The highest BCUT2D eigenvalue weighted by Crippen LogP contribution is 2.28. The van der Waals surface area contributed by atoms with E-state index in [-0.39, 0.29) is 4.90 Å². The zero-order valence-electron chi connectivity index (χ0n) is 10.5. The van der Waals surface area contributed by atoms with Crippen LogP contribution in [0.5, 0.6) is 0 Å². The quantitative estimate of drug-likeness (QED) is 0.849. The molecule has 1 aliphatic rings. The van der Waals surface area contributed by atoms with Gasteiger partial charge in [0.05, 0.1) is 4.90 Å². The molecule has 0 saturated heterocycles. The zero-order chi connectivity index (χ0) is 13.9. The molecule has 0 amide bonds. The van der Waals surface area contributed by atoms with Gasteiger partial charge in [-0.2, -0.15) is 0 Å². The number of hydrogen-bond acceptors (Lipinski definition) is 2. The Morgan fingerprint density at radius 1 is 1.26 bits per heavy atom. The normalized spacial score (nSPS) is 24.3. The molecule has 1 aliphatic carbocycles. The Morgan fingerprint density at radius 2 is 1.95 bits per heavy atom. The van der Waals surface area contributed by atoms with Crippen LogP contribution in [0.15, 0.2) is 29.2 Å². The van der Waals surface area contributed by atoms with Crippen LogP contribution in [-0.4, -0.2) is 19.8 Å². The minimum atomic E-state index is -3.60. The van der Waals surface area contributed by atoms with Gasteiger partial charge in [-0.15, -0.1) is 0 Å². The Hall–Kier alpha value is -0.460. The third-order valence-electron chi connectivity index (χ3n) is 3.44.